The lowest BCUT2D eigenvalue weighted by molar-refractivity contribution is -0.142. The number of carbonyl (C=O) groups excluding carboxylic acids is 2. The third-order valence-corrected chi connectivity index (χ3v) is 2.77. The van der Waals surface area contributed by atoms with Crippen molar-refractivity contribution in [3.8, 4) is 5.75 Å². The summed E-state index contributed by atoms with van der Waals surface area (Å²) in [4.78, 5) is 22.9. The number of benzene rings is 1. The van der Waals surface area contributed by atoms with E-state index in [0.29, 0.717) is 16.5 Å². The van der Waals surface area contributed by atoms with Gasteiger partial charge < -0.3 is 20.1 Å². The van der Waals surface area contributed by atoms with E-state index in [-0.39, 0.29) is 5.46 Å². The lowest BCUT2D eigenvalue weighted by Crippen LogP contribution is -2.42. The molecule has 0 saturated heterocycles. The number of rotatable bonds is 4. The lowest BCUT2D eigenvalue weighted by Gasteiger charge is -2.15. The summed E-state index contributed by atoms with van der Waals surface area (Å²) >= 11 is 5.94. The van der Waals surface area contributed by atoms with Gasteiger partial charge in [-0.25, -0.2) is 9.59 Å². The number of esters is 1. The van der Waals surface area contributed by atoms with Crippen LogP contribution in [-0.2, 0) is 9.53 Å². The maximum Gasteiger partial charge on any atom is 0.328 e. The summed E-state index contributed by atoms with van der Waals surface area (Å²) in [5, 5.41) is 5.19. The minimum atomic E-state index is -0.782. The molecule has 0 unspecified atom stereocenters. The van der Waals surface area contributed by atoms with Crippen molar-refractivity contribution in [2.45, 2.75) is 13.0 Å². The van der Waals surface area contributed by atoms with Crippen LogP contribution in [0, 0.1) is 0 Å². The number of methoxy groups -OCH3 is 2. The second-order valence-corrected chi connectivity index (χ2v) is 4.32. The van der Waals surface area contributed by atoms with Crippen molar-refractivity contribution in [2.75, 3.05) is 19.5 Å². The summed E-state index contributed by atoms with van der Waals surface area (Å²) in [6.07, 6.45) is 0. The first-order valence-corrected chi connectivity index (χ1v) is 6.05. The smallest absolute Gasteiger partial charge is 0.328 e. The number of amides is 2. The van der Waals surface area contributed by atoms with Crippen LogP contribution in [0.15, 0.2) is 12.1 Å². The zero-order chi connectivity index (χ0) is 15.3. The van der Waals surface area contributed by atoms with Crippen LogP contribution in [-0.4, -0.2) is 40.1 Å². The van der Waals surface area contributed by atoms with E-state index in [1.54, 1.807) is 0 Å². The molecule has 0 fully saturated rings. The van der Waals surface area contributed by atoms with Gasteiger partial charge in [-0.3, -0.25) is 0 Å². The highest BCUT2D eigenvalue weighted by Crippen LogP contribution is 2.25. The van der Waals surface area contributed by atoms with E-state index in [2.05, 4.69) is 15.4 Å². The SMILES string of the molecule is [B]c1cc(OC)c(Cl)cc1NC(=O)N[C@H](C)C(=O)OC. The molecule has 6 nitrogen and oxygen atoms in total. The number of nitrogens with one attached hydrogen (secondary N) is 2. The third kappa shape index (κ3) is 4.06. The van der Waals surface area contributed by atoms with Gasteiger partial charge in [0.25, 0.3) is 0 Å². The molecule has 0 aromatic heterocycles. The largest absolute Gasteiger partial charge is 0.495 e. The molecule has 2 radical (unpaired) electrons. The van der Waals surface area contributed by atoms with E-state index >= 15 is 0 Å². The monoisotopic (exact) mass is 296 g/mol. The van der Waals surface area contributed by atoms with Gasteiger partial charge in [0.05, 0.1) is 19.2 Å². The highest BCUT2D eigenvalue weighted by Gasteiger charge is 2.16. The molecule has 1 atom stereocenters. The molecule has 1 rings (SSSR count). The van der Waals surface area contributed by atoms with Gasteiger partial charge in [0.15, 0.2) is 0 Å². The Morgan fingerprint density at radius 3 is 2.55 bits per heavy atom. The molecule has 0 aliphatic heterocycles. The lowest BCUT2D eigenvalue weighted by atomic mass is 9.94. The average Bonchev–Trinajstić information content (AvgIpc) is 2.41. The Morgan fingerprint density at radius 1 is 1.35 bits per heavy atom. The molecular formula is C12H14BClN2O4. The molecule has 8 heteroatoms. The molecule has 2 N–H and O–H groups in total. The van der Waals surface area contributed by atoms with Crippen LogP contribution in [0.5, 0.6) is 5.75 Å². The highest BCUT2D eigenvalue weighted by atomic mass is 35.5. The molecule has 0 aliphatic rings. The minimum absolute atomic E-state index is 0.284. The molecule has 1 aromatic rings. The van der Waals surface area contributed by atoms with Gasteiger partial charge in [-0.1, -0.05) is 17.1 Å². The number of anilines is 1. The van der Waals surface area contributed by atoms with E-state index in [0.717, 1.165) is 0 Å². The average molecular weight is 297 g/mol. The topological polar surface area (TPSA) is 76.7 Å². The van der Waals surface area contributed by atoms with Crippen molar-refractivity contribution in [2.24, 2.45) is 0 Å². The van der Waals surface area contributed by atoms with Crippen LogP contribution in [0.3, 0.4) is 0 Å². The van der Waals surface area contributed by atoms with Crippen LogP contribution < -0.4 is 20.8 Å². The number of carbonyl (C=O) groups is 2. The van der Waals surface area contributed by atoms with Gasteiger partial charge in [-0.2, -0.15) is 0 Å². The van der Waals surface area contributed by atoms with Crippen LogP contribution >= 0.6 is 11.6 Å². The molecule has 106 valence electrons. The first-order valence-electron chi connectivity index (χ1n) is 5.67. The Hall–Kier alpha value is -1.89. The second kappa shape index (κ2) is 7.05. The highest BCUT2D eigenvalue weighted by molar-refractivity contribution is 6.39. The first-order chi connectivity index (χ1) is 9.38. The van der Waals surface area contributed by atoms with Crippen molar-refractivity contribution >= 4 is 42.6 Å². The molecule has 0 heterocycles. The van der Waals surface area contributed by atoms with E-state index < -0.39 is 18.0 Å². The molecule has 20 heavy (non-hydrogen) atoms. The predicted octanol–water partition coefficient (Wildman–Crippen LogP) is 0.825. The number of hydrogen-bond donors (Lipinski definition) is 2. The molecule has 2 amide bonds. The zero-order valence-corrected chi connectivity index (χ0v) is 12.1. The summed E-state index contributed by atoms with van der Waals surface area (Å²) < 4.78 is 9.49. The van der Waals surface area contributed by atoms with Crippen molar-refractivity contribution < 1.29 is 19.1 Å². The van der Waals surface area contributed by atoms with E-state index in [1.165, 1.54) is 33.3 Å². The Morgan fingerprint density at radius 2 is 2.00 bits per heavy atom. The number of halogens is 1. The number of ether oxygens (including phenoxy) is 2. The van der Waals surface area contributed by atoms with Crippen molar-refractivity contribution in [3.63, 3.8) is 0 Å². The van der Waals surface area contributed by atoms with Gasteiger partial charge in [0, 0.05) is 5.69 Å². The fourth-order valence-corrected chi connectivity index (χ4v) is 1.67. The van der Waals surface area contributed by atoms with Crippen LogP contribution in [0.4, 0.5) is 10.5 Å². The van der Waals surface area contributed by atoms with Crippen molar-refractivity contribution in [3.05, 3.63) is 17.2 Å². The summed E-state index contributed by atoms with van der Waals surface area (Å²) in [5.74, 6) is -0.154. The van der Waals surface area contributed by atoms with Crippen LogP contribution in [0.25, 0.3) is 0 Å². The van der Waals surface area contributed by atoms with Gasteiger partial charge >= 0.3 is 12.0 Å². The summed E-state index contributed by atoms with van der Waals surface area (Å²) in [6, 6.07) is 1.56. The van der Waals surface area contributed by atoms with Crippen molar-refractivity contribution in [1.82, 2.24) is 5.32 Å². The van der Waals surface area contributed by atoms with E-state index in [4.69, 9.17) is 24.2 Å². The Bertz CT molecular complexity index is 524. The molecule has 0 spiro atoms. The maximum atomic E-state index is 11.7. The fraction of sp³-hybridized carbons (Fsp3) is 0.333. The standard InChI is InChI=1S/C12H14BClN2O4/c1-6(11(17)20-3)15-12(18)16-9-5-8(14)10(19-2)4-7(9)13/h4-6H,1-3H3,(H2,15,16,18)/t6-/m1/s1. The Kier molecular flexibility index (Phi) is 5.70. The molecule has 0 aliphatic carbocycles. The molecular weight excluding hydrogens is 282 g/mol. The Labute approximate surface area is 123 Å². The predicted molar refractivity (Wildman–Crippen MR) is 77.0 cm³/mol. The quantitative estimate of drug-likeness (QED) is 0.637. The second-order valence-electron chi connectivity index (χ2n) is 3.92. The Balaban J connectivity index is 2.76. The minimum Gasteiger partial charge on any atom is -0.495 e. The fourth-order valence-electron chi connectivity index (χ4n) is 1.42. The van der Waals surface area contributed by atoms with E-state index in [9.17, 15) is 9.59 Å². The molecule has 0 saturated carbocycles. The summed E-state index contributed by atoms with van der Waals surface area (Å²) in [7, 11) is 8.45. The summed E-state index contributed by atoms with van der Waals surface area (Å²) in [6.45, 7) is 1.50. The van der Waals surface area contributed by atoms with E-state index in [1.807, 2.05) is 0 Å². The van der Waals surface area contributed by atoms with Gasteiger partial charge in [0.1, 0.15) is 19.6 Å². The zero-order valence-electron chi connectivity index (χ0n) is 11.3. The third-order valence-electron chi connectivity index (χ3n) is 2.47. The molecule has 0 bridgehead atoms. The molecule has 1 aromatic carbocycles. The van der Waals surface area contributed by atoms with Gasteiger partial charge in [-0.15, -0.1) is 0 Å². The number of urea groups is 1. The van der Waals surface area contributed by atoms with Gasteiger partial charge in [0.2, 0.25) is 0 Å². The maximum absolute atomic E-state index is 11.7. The normalized spacial score (nSPS) is 11.4. The summed E-state index contributed by atoms with van der Waals surface area (Å²) in [5.41, 5.74) is 0.595. The van der Waals surface area contributed by atoms with Crippen molar-refractivity contribution in [1.29, 1.82) is 0 Å². The van der Waals surface area contributed by atoms with Gasteiger partial charge in [-0.05, 0) is 19.1 Å². The van der Waals surface area contributed by atoms with Crippen LogP contribution in [0.1, 0.15) is 6.92 Å². The first kappa shape index (κ1) is 16.2. The van der Waals surface area contributed by atoms with Crippen LogP contribution in [0.2, 0.25) is 5.02 Å². The number of hydrogen-bond acceptors (Lipinski definition) is 4.